The second-order valence-corrected chi connectivity index (χ2v) is 19.6. The summed E-state index contributed by atoms with van der Waals surface area (Å²) >= 11 is 0. The zero-order chi connectivity index (χ0) is 53.2. The molecule has 0 aliphatic heterocycles. The van der Waals surface area contributed by atoms with Gasteiger partial charge >= 0.3 is 0 Å². The van der Waals surface area contributed by atoms with E-state index in [1.807, 2.05) is 61.0 Å². The van der Waals surface area contributed by atoms with Gasteiger partial charge in [-0.3, -0.25) is 9.98 Å². The summed E-state index contributed by atoms with van der Waals surface area (Å²) < 4.78 is 0. The Kier molecular flexibility index (Phi) is 17.0. The molecule has 0 unspecified atom stereocenters. The molecule has 0 amide bonds. The fourth-order valence-electron chi connectivity index (χ4n) is 10.9. The van der Waals surface area contributed by atoms with Crippen LogP contribution in [0.4, 0.5) is 0 Å². The van der Waals surface area contributed by atoms with E-state index in [-0.39, 0.29) is 49.4 Å². The molecule has 1 aliphatic carbocycles. The number of aromatic hydroxyl groups is 4. The second kappa shape index (κ2) is 25.0. The first-order chi connectivity index (χ1) is 38.4. The number of hydrogen-bond acceptors (Lipinski definition) is 6. The maximum absolute atomic E-state index is 12.5. The minimum absolute atomic E-state index is 0. The number of fused-ring (bicyclic) bond motifs is 4. The topological polar surface area (TPSA) is 106 Å². The van der Waals surface area contributed by atoms with Gasteiger partial charge in [0.1, 0.15) is 23.0 Å². The maximum Gasteiger partial charge on any atom is 0.132 e. The monoisotopic (exact) mass is 1190 g/mol. The molecular weight excluding hydrogens is 1140 g/mol. The van der Waals surface area contributed by atoms with Gasteiger partial charge in [0.2, 0.25) is 0 Å². The van der Waals surface area contributed by atoms with Crippen molar-refractivity contribution in [3.63, 3.8) is 0 Å². The van der Waals surface area contributed by atoms with Crippen LogP contribution in [0.2, 0.25) is 0 Å². The van der Waals surface area contributed by atoms with Crippen LogP contribution in [-0.2, 0) is 25.8 Å². The molecule has 6 nitrogen and oxygen atoms in total. The van der Waals surface area contributed by atoms with Crippen LogP contribution in [0.15, 0.2) is 265 Å². The van der Waals surface area contributed by atoms with E-state index in [0.29, 0.717) is 22.6 Å². The molecule has 0 heterocycles. The molecule has 2 atom stereocenters. The Hall–Kier alpha value is -8.91. The van der Waals surface area contributed by atoms with Gasteiger partial charge in [-0.1, -0.05) is 231 Å². The van der Waals surface area contributed by atoms with E-state index in [0.717, 1.165) is 113 Å². The standard InChI is InChI=1S/C60H46N2O2.2C6H6O.Hf/c63-59-45(35-43-23-9-13-27-49(43)57(59)55-47-25-11-7-21-41(47)31-33-51(55)39-17-3-1-4-18-39)37-61-53-29-15-16-30-54(53)62-38-46-36-44-24-10-14-28-50(44)58(60(46)64)56-48-26-12-8-22-42(48)32-34-52(56)40-19-5-2-6-20-40;2*7-6-4-2-1-3-5-6;/h1-14,17-28,31-38,53-54,63-64H,15-16,29-30H2;2*1-5,7H;/t53-,54-;;;/m1.../s1. The Balaban J connectivity index is 0.000000410. The number of phenols is 4. The summed E-state index contributed by atoms with van der Waals surface area (Å²) in [6, 6.07) is 84.3. The summed E-state index contributed by atoms with van der Waals surface area (Å²) in [5, 5.41) is 50.6. The molecule has 12 aromatic carbocycles. The minimum atomic E-state index is -0.0958. The van der Waals surface area contributed by atoms with E-state index in [4.69, 9.17) is 20.2 Å². The SMILES string of the molecule is Oc1c(C=N[C@@H]2CCCC[C@H]2N=Cc2cc3ccccc3c(-c3c(-c4ccccc4)ccc4ccccc34)c2O)cc2ccccc2c1-c1c(-c2ccccc2)ccc2ccccc12.Oc1ccccc1.Oc1ccccc1.[Hf]. The maximum atomic E-state index is 12.5. The summed E-state index contributed by atoms with van der Waals surface area (Å²) in [4.78, 5) is 10.5. The van der Waals surface area contributed by atoms with Gasteiger partial charge in [-0.15, -0.1) is 0 Å². The van der Waals surface area contributed by atoms with E-state index in [9.17, 15) is 10.2 Å². The van der Waals surface area contributed by atoms with Gasteiger partial charge in [0.25, 0.3) is 0 Å². The van der Waals surface area contributed by atoms with E-state index in [1.54, 1.807) is 48.5 Å². The first kappa shape index (κ1) is 53.5. The first-order valence-corrected chi connectivity index (χ1v) is 26.6. The number of phenolic OH excluding ortho intramolecular Hbond substituents is 4. The van der Waals surface area contributed by atoms with E-state index in [2.05, 4.69) is 158 Å². The third kappa shape index (κ3) is 11.8. The number of nitrogens with zero attached hydrogens (tertiary/aromatic N) is 2. The van der Waals surface area contributed by atoms with Crippen molar-refractivity contribution in [1.29, 1.82) is 0 Å². The zero-order valence-electron chi connectivity index (χ0n) is 43.6. The van der Waals surface area contributed by atoms with Crippen molar-refractivity contribution in [3.8, 4) is 67.5 Å². The normalized spacial score (nSPS) is 14.1. The molecule has 1 saturated carbocycles. The van der Waals surface area contributed by atoms with Crippen LogP contribution in [0.3, 0.4) is 0 Å². The number of benzene rings is 12. The molecule has 1 aliphatic rings. The van der Waals surface area contributed by atoms with Gasteiger partial charge in [-0.25, -0.2) is 0 Å². The summed E-state index contributed by atoms with van der Waals surface area (Å²) in [7, 11) is 0. The zero-order valence-corrected chi connectivity index (χ0v) is 47.2. The van der Waals surface area contributed by atoms with Crippen LogP contribution in [0, 0.1) is 0 Å². The molecule has 1 fully saturated rings. The molecule has 4 N–H and O–H groups in total. The molecule has 384 valence electrons. The predicted molar refractivity (Wildman–Crippen MR) is 325 cm³/mol. The molecular formula is C72H58HfN2O4. The van der Waals surface area contributed by atoms with Gasteiger partial charge in [0.15, 0.2) is 0 Å². The molecule has 12 aromatic rings. The Morgan fingerprint density at radius 3 is 0.962 bits per heavy atom. The summed E-state index contributed by atoms with van der Waals surface area (Å²) in [5.41, 5.74) is 9.27. The Bertz CT molecular complexity index is 3830. The van der Waals surface area contributed by atoms with Crippen molar-refractivity contribution in [2.45, 2.75) is 37.8 Å². The van der Waals surface area contributed by atoms with Crippen LogP contribution in [0.1, 0.15) is 36.8 Å². The van der Waals surface area contributed by atoms with Crippen molar-refractivity contribution in [2.24, 2.45) is 9.98 Å². The van der Waals surface area contributed by atoms with Gasteiger partial charge in [0, 0.05) is 71.7 Å². The Morgan fingerprint density at radius 1 is 0.316 bits per heavy atom. The molecule has 0 bridgehead atoms. The number of aliphatic imine (C=N–C) groups is 2. The molecule has 0 radical (unpaired) electrons. The van der Waals surface area contributed by atoms with E-state index < -0.39 is 0 Å². The molecule has 0 aromatic heterocycles. The molecule has 79 heavy (non-hydrogen) atoms. The van der Waals surface area contributed by atoms with Crippen molar-refractivity contribution in [3.05, 3.63) is 266 Å². The van der Waals surface area contributed by atoms with Gasteiger partial charge in [0.05, 0.1) is 12.1 Å². The van der Waals surface area contributed by atoms with Crippen LogP contribution in [0.5, 0.6) is 23.0 Å². The van der Waals surface area contributed by atoms with Gasteiger partial charge in [-0.2, -0.15) is 0 Å². The summed E-state index contributed by atoms with van der Waals surface area (Å²) in [5.74, 6) is 1.07. The van der Waals surface area contributed by atoms with Crippen LogP contribution in [0.25, 0.3) is 87.6 Å². The Labute approximate surface area is 479 Å². The molecule has 0 spiro atoms. The largest absolute Gasteiger partial charge is 0.508 e. The smallest absolute Gasteiger partial charge is 0.132 e. The second-order valence-electron chi connectivity index (χ2n) is 19.6. The number of para-hydroxylation sites is 2. The van der Waals surface area contributed by atoms with Crippen LogP contribution < -0.4 is 0 Å². The van der Waals surface area contributed by atoms with Crippen LogP contribution >= 0.6 is 0 Å². The average Bonchev–Trinajstić information content (AvgIpc) is 3.66. The van der Waals surface area contributed by atoms with E-state index >= 15 is 0 Å². The first-order valence-electron chi connectivity index (χ1n) is 26.6. The fraction of sp³-hybridized carbons (Fsp3) is 0.0833. The van der Waals surface area contributed by atoms with Crippen molar-refractivity contribution in [2.75, 3.05) is 0 Å². The fourth-order valence-corrected chi connectivity index (χ4v) is 10.9. The number of rotatable bonds is 8. The van der Waals surface area contributed by atoms with Gasteiger partial charge < -0.3 is 20.4 Å². The van der Waals surface area contributed by atoms with Gasteiger partial charge in [-0.05, 0) is 115 Å². The Morgan fingerprint density at radius 2 is 0.620 bits per heavy atom. The van der Waals surface area contributed by atoms with Crippen molar-refractivity contribution in [1.82, 2.24) is 0 Å². The number of hydrogen-bond donors (Lipinski definition) is 4. The summed E-state index contributed by atoms with van der Waals surface area (Å²) in [6.07, 6.45) is 7.60. The molecule has 7 heteroatoms. The van der Waals surface area contributed by atoms with Crippen molar-refractivity contribution >= 4 is 55.5 Å². The third-order valence-electron chi connectivity index (χ3n) is 14.6. The van der Waals surface area contributed by atoms with Crippen LogP contribution in [-0.4, -0.2) is 44.9 Å². The minimum Gasteiger partial charge on any atom is -0.508 e. The molecule has 13 rings (SSSR count). The summed E-state index contributed by atoms with van der Waals surface area (Å²) in [6.45, 7) is 0. The van der Waals surface area contributed by atoms with E-state index in [1.165, 1.54) is 0 Å². The average molecular weight is 1190 g/mol. The third-order valence-corrected chi connectivity index (χ3v) is 14.6. The predicted octanol–water partition coefficient (Wildman–Crippen LogP) is 18.0. The van der Waals surface area contributed by atoms with Crippen molar-refractivity contribution < 1.29 is 46.3 Å². The quantitative estimate of drug-likeness (QED) is 0.0898. The molecule has 0 saturated heterocycles.